The number of hydrogen-bond donors (Lipinski definition) is 1. The van der Waals surface area contributed by atoms with Gasteiger partial charge < -0.3 is 19.5 Å². The van der Waals surface area contributed by atoms with Crippen molar-refractivity contribution < 1.29 is 14.2 Å². The van der Waals surface area contributed by atoms with E-state index in [1.165, 1.54) is 5.56 Å². The highest BCUT2D eigenvalue weighted by Crippen LogP contribution is 2.29. The lowest BCUT2D eigenvalue weighted by Crippen LogP contribution is -2.05. The van der Waals surface area contributed by atoms with Crippen molar-refractivity contribution in [3.63, 3.8) is 0 Å². The number of pyridine rings is 1. The third-order valence-electron chi connectivity index (χ3n) is 3.05. The van der Waals surface area contributed by atoms with Gasteiger partial charge in [-0.05, 0) is 24.7 Å². The summed E-state index contributed by atoms with van der Waals surface area (Å²) in [6, 6.07) is 9.71. The van der Waals surface area contributed by atoms with Gasteiger partial charge in [-0.25, -0.2) is 0 Å². The topological polar surface area (TPSA) is 52.6 Å². The molecule has 2 rings (SSSR count). The first kappa shape index (κ1) is 15.1. The highest BCUT2D eigenvalue weighted by molar-refractivity contribution is 5.42. The van der Waals surface area contributed by atoms with Crippen LogP contribution in [0, 0.1) is 0 Å². The maximum absolute atomic E-state index is 5.75. The van der Waals surface area contributed by atoms with Gasteiger partial charge >= 0.3 is 0 Å². The lowest BCUT2D eigenvalue weighted by molar-refractivity contribution is 0.284. The first-order valence-electron chi connectivity index (χ1n) is 6.70. The average Bonchev–Trinajstić information content (AvgIpc) is 2.54. The minimum Gasteiger partial charge on any atom is -0.493 e. The van der Waals surface area contributed by atoms with Gasteiger partial charge in [0.2, 0.25) is 0 Å². The van der Waals surface area contributed by atoms with Gasteiger partial charge in [-0.3, -0.25) is 4.98 Å². The van der Waals surface area contributed by atoms with Crippen LogP contribution in [0.3, 0.4) is 0 Å². The van der Waals surface area contributed by atoms with Crippen LogP contribution < -0.4 is 19.5 Å². The van der Waals surface area contributed by atoms with E-state index in [4.69, 9.17) is 14.2 Å². The Labute approximate surface area is 124 Å². The van der Waals surface area contributed by atoms with Gasteiger partial charge in [0.25, 0.3) is 0 Å². The molecule has 0 amide bonds. The summed E-state index contributed by atoms with van der Waals surface area (Å²) < 4.78 is 16.3. The molecule has 0 saturated carbocycles. The second-order valence-electron chi connectivity index (χ2n) is 4.46. The summed E-state index contributed by atoms with van der Waals surface area (Å²) in [5, 5.41) is 3.11. The summed E-state index contributed by atoms with van der Waals surface area (Å²) in [6.07, 6.45) is 1.68. The van der Waals surface area contributed by atoms with Crippen molar-refractivity contribution in [2.75, 3.05) is 21.3 Å². The fourth-order valence-electron chi connectivity index (χ4n) is 2.01. The molecular weight excluding hydrogens is 268 g/mol. The molecule has 1 aromatic carbocycles. The Morgan fingerprint density at radius 1 is 1.05 bits per heavy atom. The van der Waals surface area contributed by atoms with Gasteiger partial charge in [0.05, 0.1) is 14.2 Å². The molecule has 0 spiro atoms. The first-order chi connectivity index (χ1) is 10.3. The monoisotopic (exact) mass is 288 g/mol. The van der Waals surface area contributed by atoms with Crippen LogP contribution in [0.5, 0.6) is 17.2 Å². The number of nitrogens with one attached hydrogen (secondary N) is 1. The summed E-state index contributed by atoms with van der Waals surface area (Å²) in [7, 11) is 5.11. The minimum atomic E-state index is 0.325. The van der Waals surface area contributed by atoms with Crippen LogP contribution in [0.1, 0.15) is 11.3 Å². The number of benzene rings is 1. The van der Waals surface area contributed by atoms with Crippen molar-refractivity contribution >= 4 is 0 Å². The quantitative estimate of drug-likeness (QED) is 0.848. The smallest absolute Gasteiger partial charge is 0.185 e. The maximum atomic E-state index is 5.75. The predicted molar refractivity (Wildman–Crippen MR) is 80.9 cm³/mol. The third kappa shape index (κ3) is 3.86. The van der Waals surface area contributed by atoms with Crippen molar-refractivity contribution in [1.29, 1.82) is 0 Å². The molecule has 0 aliphatic carbocycles. The van der Waals surface area contributed by atoms with Gasteiger partial charge in [-0.15, -0.1) is 0 Å². The molecule has 21 heavy (non-hydrogen) atoms. The van der Waals surface area contributed by atoms with Crippen LogP contribution in [0.15, 0.2) is 36.5 Å². The largest absolute Gasteiger partial charge is 0.493 e. The highest BCUT2D eigenvalue weighted by Gasteiger charge is 2.11. The molecule has 112 valence electrons. The highest BCUT2D eigenvalue weighted by atomic mass is 16.5. The van der Waals surface area contributed by atoms with Crippen LogP contribution in [0.25, 0.3) is 0 Å². The summed E-state index contributed by atoms with van der Waals surface area (Å²) >= 11 is 0. The summed E-state index contributed by atoms with van der Waals surface area (Å²) in [4.78, 5) is 4.28. The lowest BCUT2D eigenvalue weighted by Gasteiger charge is -2.12. The van der Waals surface area contributed by atoms with E-state index in [0.717, 1.165) is 12.3 Å². The molecule has 5 heteroatoms. The van der Waals surface area contributed by atoms with Crippen molar-refractivity contribution in [1.82, 2.24) is 10.3 Å². The molecule has 0 radical (unpaired) electrons. The van der Waals surface area contributed by atoms with E-state index in [1.807, 2.05) is 31.3 Å². The van der Waals surface area contributed by atoms with Crippen LogP contribution >= 0.6 is 0 Å². The van der Waals surface area contributed by atoms with E-state index >= 15 is 0 Å². The molecule has 0 saturated heterocycles. The van der Waals surface area contributed by atoms with Crippen molar-refractivity contribution in [2.45, 2.75) is 13.2 Å². The fraction of sp³-hybridized carbons (Fsp3) is 0.312. The third-order valence-corrected chi connectivity index (χ3v) is 3.05. The molecule has 0 aliphatic rings. The van der Waals surface area contributed by atoms with Crippen LogP contribution in [-0.4, -0.2) is 26.3 Å². The molecular formula is C16H20N2O3. The first-order valence-corrected chi connectivity index (χ1v) is 6.70. The van der Waals surface area contributed by atoms with E-state index in [2.05, 4.69) is 10.3 Å². The van der Waals surface area contributed by atoms with Crippen molar-refractivity contribution in [3.05, 3.63) is 47.8 Å². The molecule has 0 unspecified atom stereocenters. The van der Waals surface area contributed by atoms with Crippen LogP contribution in [0.4, 0.5) is 0 Å². The Balaban J connectivity index is 2.05. The number of methoxy groups -OCH3 is 2. The molecule has 1 N–H and O–H groups in total. The zero-order valence-corrected chi connectivity index (χ0v) is 12.6. The molecule has 2 aromatic rings. The number of hydrogen-bond acceptors (Lipinski definition) is 5. The predicted octanol–water partition coefficient (Wildman–Crippen LogP) is 2.40. The standard InChI is InChI=1S/C16H20N2O3/c1-17-10-12-4-6-13(7-5-12)21-11-14-16(20-3)15(19-2)8-9-18-14/h4-9,17H,10-11H2,1-3H3. The second kappa shape index (κ2) is 7.50. The lowest BCUT2D eigenvalue weighted by atomic mass is 10.2. The van der Waals surface area contributed by atoms with Gasteiger partial charge in [0.1, 0.15) is 18.1 Å². The Bertz CT molecular complexity index is 570. The number of ether oxygens (including phenoxy) is 3. The van der Waals surface area contributed by atoms with E-state index in [9.17, 15) is 0 Å². The summed E-state index contributed by atoms with van der Waals surface area (Å²) in [6.45, 7) is 1.16. The molecule has 5 nitrogen and oxygen atoms in total. The zero-order valence-electron chi connectivity index (χ0n) is 12.6. The fourth-order valence-corrected chi connectivity index (χ4v) is 2.01. The van der Waals surface area contributed by atoms with Gasteiger partial charge in [-0.1, -0.05) is 12.1 Å². The number of nitrogens with zero attached hydrogens (tertiary/aromatic N) is 1. The zero-order chi connectivity index (χ0) is 15.1. The SMILES string of the molecule is CNCc1ccc(OCc2nccc(OC)c2OC)cc1. The minimum absolute atomic E-state index is 0.325. The van der Waals surface area contributed by atoms with Gasteiger partial charge in [0.15, 0.2) is 11.5 Å². The molecule has 0 atom stereocenters. The molecule has 1 heterocycles. The Morgan fingerprint density at radius 2 is 1.81 bits per heavy atom. The Kier molecular flexibility index (Phi) is 5.40. The normalized spacial score (nSPS) is 10.2. The van der Waals surface area contributed by atoms with E-state index in [1.54, 1.807) is 26.5 Å². The second-order valence-corrected chi connectivity index (χ2v) is 4.46. The Hall–Kier alpha value is -2.27. The van der Waals surface area contributed by atoms with Crippen LogP contribution in [0.2, 0.25) is 0 Å². The average molecular weight is 288 g/mol. The van der Waals surface area contributed by atoms with Crippen molar-refractivity contribution in [2.24, 2.45) is 0 Å². The van der Waals surface area contributed by atoms with E-state index in [0.29, 0.717) is 23.8 Å². The summed E-state index contributed by atoms with van der Waals surface area (Å²) in [5.41, 5.74) is 1.91. The van der Waals surface area contributed by atoms with Crippen LogP contribution in [-0.2, 0) is 13.2 Å². The number of rotatable bonds is 7. The molecule has 0 fully saturated rings. The molecule has 1 aromatic heterocycles. The molecule has 0 aliphatic heterocycles. The van der Waals surface area contributed by atoms with Gasteiger partial charge in [-0.2, -0.15) is 0 Å². The Morgan fingerprint density at radius 3 is 2.43 bits per heavy atom. The van der Waals surface area contributed by atoms with Crippen molar-refractivity contribution in [3.8, 4) is 17.2 Å². The molecule has 0 bridgehead atoms. The van der Waals surface area contributed by atoms with E-state index < -0.39 is 0 Å². The van der Waals surface area contributed by atoms with E-state index in [-0.39, 0.29) is 0 Å². The summed E-state index contributed by atoms with van der Waals surface area (Å²) in [5.74, 6) is 2.05. The number of aromatic nitrogens is 1. The van der Waals surface area contributed by atoms with Gasteiger partial charge in [0, 0.05) is 18.8 Å². The maximum Gasteiger partial charge on any atom is 0.185 e.